The van der Waals surface area contributed by atoms with Crippen molar-refractivity contribution in [2.45, 2.75) is 13.0 Å². The Balaban J connectivity index is 1.98. The summed E-state index contributed by atoms with van der Waals surface area (Å²) in [6.07, 6.45) is 3.28. The molecule has 1 atom stereocenters. The van der Waals surface area contributed by atoms with Crippen LogP contribution in [0, 0.1) is 18.6 Å². The van der Waals surface area contributed by atoms with Gasteiger partial charge in [-0.1, -0.05) is 24.3 Å². The molecule has 0 radical (unpaired) electrons. The molecule has 1 heterocycles. The van der Waals surface area contributed by atoms with Crippen molar-refractivity contribution in [2.75, 3.05) is 0 Å². The Hall–Kier alpha value is -3.02. The molecule has 0 fully saturated rings. The molecule has 1 amide bonds. The van der Waals surface area contributed by atoms with E-state index in [1.165, 1.54) is 24.3 Å². The average Bonchev–Trinajstić information content (AvgIpc) is 3.01. The number of hydrogen-bond donors (Lipinski definition) is 1. The second-order valence-electron chi connectivity index (χ2n) is 5.79. The standard InChI is InChI=1S/C19H17F2N3O/c1-12-7-8-13(11-16(12)21)19(25)23-17(18-22-9-10-24(18)2)14-5-3-4-6-15(14)20/h3-11,17H,1-2H3,(H,23,25). The minimum Gasteiger partial charge on any atom is -0.338 e. The Morgan fingerprint density at radius 2 is 1.92 bits per heavy atom. The van der Waals surface area contributed by atoms with E-state index in [0.717, 1.165) is 0 Å². The molecule has 3 aromatic rings. The smallest absolute Gasteiger partial charge is 0.252 e. The van der Waals surface area contributed by atoms with E-state index in [0.29, 0.717) is 11.4 Å². The summed E-state index contributed by atoms with van der Waals surface area (Å²) in [6, 6.07) is 9.61. The molecule has 128 valence electrons. The quantitative estimate of drug-likeness (QED) is 0.789. The normalized spacial score (nSPS) is 12.0. The van der Waals surface area contributed by atoms with Crippen molar-refractivity contribution in [1.29, 1.82) is 0 Å². The summed E-state index contributed by atoms with van der Waals surface area (Å²) in [5.41, 5.74) is 0.905. The van der Waals surface area contributed by atoms with E-state index in [1.54, 1.807) is 49.1 Å². The van der Waals surface area contributed by atoms with E-state index >= 15 is 0 Å². The van der Waals surface area contributed by atoms with Crippen LogP contribution in [-0.2, 0) is 7.05 Å². The third-order valence-electron chi connectivity index (χ3n) is 4.04. The van der Waals surface area contributed by atoms with Gasteiger partial charge < -0.3 is 9.88 Å². The average molecular weight is 341 g/mol. The Bertz CT molecular complexity index is 921. The van der Waals surface area contributed by atoms with Crippen molar-refractivity contribution in [3.8, 4) is 0 Å². The predicted molar refractivity (Wildman–Crippen MR) is 90.1 cm³/mol. The van der Waals surface area contributed by atoms with Gasteiger partial charge in [0.15, 0.2) is 0 Å². The van der Waals surface area contributed by atoms with Crippen molar-refractivity contribution in [2.24, 2.45) is 7.05 Å². The number of aromatic nitrogens is 2. The Morgan fingerprint density at radius 1 is 1.16 bits per heavy atom. The SMILES string of the molecule is Cc1ccc(C(=O)NC(c2ccccc2F)c2nccn2C)cc1F. The summed E-state index contributed by atoms with van der Waals surface area (Å²) >= 11 is 0. The number of rotatable bonds is 4. The first-order valence-electron chi connectivity index (χ1n) is 7.76. The first kappa shape index (κ1) is 16.8. The first-order valence-corrected chi connectivity index (χ1v) is 7.76. The van der Waals surface area contributed by atoms with Gasteiger partial charge >= 0.3 is 0 Å². The van der Waals surface area contributed by atoms with Crippen LogP contribution in [0.5, 0.6) is 0 Å². The van der Waals surface area contributed by atoms with Crippen molar-refractivity contribution in [3.05, 3.63) is 89.0 Å². The fourth-order valence-corrected chi connectivity index (χ4v) is 2.59. The van der Waals surface area contributed by atoms with Gasteiger partial charge in [-0.15, -0.1) is 0 Å². The Kier molecular flexibility index (Phi) is 4.61. The zero-order chi connectivity index (χ0) is 18.0. The second kappa shape index (κ2) is 6.84. The van der Waals surface area contributed by atoms with Gasteiger partial charge in [-0.3, -0.25) is 4.79 Å². The lowest BCUT2D eigenvalue weighted by molar-refractivity contribution is 0.0940. The number of hydrogen-bond acceptors (Lipinski definition) is 2. The molecule has 0 saturated heterocycles. The van der Waals surface area contributed by atoms with Crippen molar-refractivity contribution >= 4 is 5.91 Å². The van der Waals surface area contributed by atoms with Crippen LogP contribution in [0.25, 0.3) is 0 Å². The van der Waals surface area contributed by atoms with Gasteiger partial charge in [-0.2, -0.15) is 0 Å². The molecule has 0 spiro atoms. The number of nitrogens with zero attached hydrogens (tertiary/aromatic N) is 2. The van der Waals surface area contributed by atoms with E-state index in [4.69, 9.17) is 0 Å². The van der Waals surface area contributed by atoms with Gasteiger partial charge in [0.05, 0.1) is 0 Å². The number of benzene rings is 2. The molecule has 1 aromatic heterocycles. The monoisotopic (exact) mass is 341 g/mol. The number of carbonyl (C=O) groups is 1. The number of imidazole rings is 1. The molecule has 0 aliphatic carbocycles. The maximum absolute atomic E-state index is 14.3. The van der Waals surface area contributed by atoms with Crippen LogP contribution in [0.4, 0.5) is 8.78 Å². The molecule has 1 unspecified atom stereocenters. The molecular weight excluding hydrogens is 324 g/mol. The van der Waals surface area contributed by atoms with Crippen LogP contribution in [-0.4, -0.2) is 15.5 Å². The van der Waals surface area contributed by atoms with E-state index in [9.17, 15) is 13.6 Å². The van der Waals surface area contributed by atoms with E-state index in [2.05, 4.69) is 10.3 Å². The maximum Gasteiger partial charge on any atom is 0.252 e. The number of carbonyl (C=O) groups excluding carboxylic acids is 1. The van der Waals surface area contributed by atoms with Crippen molar-refractivity contribution < 1.29 is 13.6 Å². The molecule has 2 aromatic carbocycles. The molecular formula is C19H17F2N3O. The lowest BCUT2D eigenvalue weighted by atomic mass is 10.0. The van der Waals surface area contributed by atoms with E-state index in [-0.39, 0.29) is 11.1 Å². The summed E-state index contributed by atoms with van der Waals surface area (Å²) in [6.45, 7) is 1.62. The molecule has 25 heavy (non-hydrogen) atoms. The summed E-state index contributed by atoms with van der Waals surface area (Å²) < 4.78 is 29.7. The highest BCUT2D eigenvalue weighted by molar-refractivity contribution is 5.94. The summed E-state index contributed by atoms with van der Waals surface area (Å²) in [4.78, 5) is 16.8. The fourth-order valence-electron chi connectivity index (χ4n) is 2.59. The molecule has 0 aliphatic heterocycles. The van der Waals surface area contributed by atoms with Crippen LogP contribution in [0.1, 0.15) is 33.4 Å². The van der Waals surface area contributed by atoms with Gasteiger partial charge in [-0.05, 0) is 30.7 Å². The third-order valence-corrected chi connectivity index (χ3v) is 4.04. The largest absolute Gasteiger partial charge is 0.338 e. The van der Waals surface area contributed by atoms with Gasteiger partial charge in [0, 0.05) is 30.6 Å². The van der Waals surface area contributed by atoms with E-state index < -0.39 is 23.6 Å². The number of amides is 1. The van der Waals surface area contributed by atoms with Gasteiger partial charge in [0.1, 0.15) is 23.5 Å². The Morgan fingerprint density at radius 3 is 2.56 bits per heavy atom. The first-order chi connectivity index (χ1) is 12.0. The summed E-state index contributed by atoms with van der Waals surface area (Å²) in [5, 5.41) is 2.75. The highest BCUT2D eigenvalue weighted by Crippen LogP contribution is 2.23. The van der Waals surface area contributed by atoms with Crippen LogP contribution in [0.3, 0.4) is 0 Å². The molecule has 0 aliphatic rings. The van der Waals surface area contributed by atoms with Crippen LogP contribution in [0.2, 0.25) is 0 Å². The zero-order valence-corrected chi connectivity index (χ0v) is 13.8. The Labute approximate surface area is 144 Å². The highest BCUT2D eigenvalue weighted by Gasteiger charge is 2.24. The van der Waals surface area contributed by atoms with Gasteiger partial charge in [0.2, 0.25) is 0 Å². The molecule has 4 nitrogen and oxygen atoms in total. The third kappa shape index (κ3) is 3.42. The molecule has 0 bridgehead atoms. The zero-order valence-electron chi connectivity index (χ0n) is 13.8. The van der Waals surface area contributed by atoms with Crippen molar-refractivity contribution in [1.82, 2.24) is 14.9 Å². The van der Waals surface area contributed by atoms with Crippen molar-refractivity contribution in [3.63, 3.8) is 0 Å². The van der Waals surface area contributed by atoms with Crippen LogP contribution in [0.15, 0.2) is 54.9 Å². The number of halogens is 2. The predicted octanol–water partition coefficient (Wildman–Crippen LogP) is 3.53. The molecule has 3 rings (SSSR count). The van der Waals surface area contributed by atoms with Crippen LogP contribution < -0.4 is 5.32 Å². The lowest BCUT2D eigenvalue weighted by Crippen LogP contribution is -2.31. The van der Waals surface area contributed by atoms with Gasteiger partial charge in [-0.25, -0.2) is 13.8 Å². The highest BCUT2D eigenvalue weighted by atomic mass is 19.1. The number of nitrogens with one attached hydrogen (secondary N) is 1. The fraction of sp³-hybridized carbons (Fsp3) is 0.158. The topological polar surface area (TPSA) is 46.9 Å². The number of aryl methyl sites for hydroxylation is 2. The lowest BCUT2D eigenvalue weighted by Gasteiger charge is -2.20. The molecule has 6 heteroatoms. The van der Waals surface area contributed by atoms with Gasteiger partial charge in [0.25, 0.3) is 5.91 Å². The molecule has 1 N–H and O–H groups in total. The maximum atomic E-state index is 14.3. The van der Waals surface area contributed by atoms with E-state index in [1.807, 2.05) is 0 Å². The molecule has 0 saturated carbocycles. The van der Waals surface area contributed by atoms with Crippen LogP contribution >= 0.6 is 0 Å². The minimum absolute atomic E-state index is 0.165. The second-order valence-corrected chi connectivity index (χ2v) is 5.79. The summed E-state index contributed by atoms with van der Waals surface area (Å²) in [5.74, 6) is -0.945. The summed E-state index contributed by atoms with van der Waals surface area (Å²) in [7, 11) is 1.76. The minimum atomic E-state index is -0.793.